The lowest BCUT2D eigenvalue weighted by atomic mass is 9.99. The summed E-state index contributed by atoms with van der Waals surface area (Å²) in [6.07, 6.45) is 3.57. The highest BCUT2D eigenvalue weighted by molar-refractivity contribution is 7.90. The van der Waals surface area contributed by atoms with Gasteiger partial charge in [0.25, 0.3) is 0 Å². The molecule has 118 valence electrons. The van der Waals surface area contributed by atoms with Gasteiger partial charge >= 0.3 is 0 Å². The van der Waals surface area contributed by atoms with E-state index in [0.29, 0.717) is 34.0 Å². The van der Waals surface area contributed by atoms with Crippen LogP contribution in [0.25, 0.3) is 0 Å². The Hall–Kier alpha value is -0.620. The Balaban J connectivity index is 2.03. The highest BCUT2D eigenvalue weighted by Gasteiger charge is 2.26. The van der Waals surface area contributed by atoms with Crippen molar-refractivity contribution in [3.05, 3.63) is 28.8 Å². The SMILES string of the molecule is CCC1OCCC1CNCc1c(Cl)cccc1S(C)(=O)=O. The molecule has 6 heteroatoms. The van der Waals surface area contributed by atoms with Gasteiger partial charge in [0.1, 0.15) is 0 Å². The molecule has 1 fully saturated rings. The summed E-state index contributed by atoms with van der Waals surface area (Å²) >= 11 is 6.16. The lowest BCUT2D eigenvalue weighted by Crippen LogP contribution is -2.28. The van der Waals surface area contributed by atoms with Crippen LogP contribution in [0.1, 0.15) is 25.3 Å². The van der Waals surface area contributed by atoms with Crippen molar-refractivity contribution >= 4 is 21.4 Å². The smallest absolute Gasteiger partial charge is 0.175 e. The zero-order valence-corrected chi connectivity index (χ0v) is 14.0. The van der Waals surface area contributed by atoms with E-state index in [9.17, 15) is 8.42 Å². The molecule has 1 saturated heterocycles. The van der Waals surface area contributed by atoms with Crippen LogP contribution >= 0.6 is 11.6 Å². The predicted octanol–water partition coefficient (Wildman–Crippen LogP) is 2.65. The van der Waals surface area contributed by atoms with Gasteiger partial charge in [0.15, 0.2) is 9.84 Å². The first-order valence-electron chi connectivity index (χ1n) is 7.23. The van der Waals surface area contributed by atoms with Crippen LogP contribution in [-0.4, -0.2) is 33.9 Å². The molecule has 1 heterocycles. The van der Waals surface area contributed by atoms with E-state index < -0.39 is 9.84 Å². The fraction of sp³-hybridized carbons (Fsp3) is 0.600. The summed E-state index contributed by atoms with van der Waals surface area (Å²) in [7, 11) is -3.27. The van der Waals surface area contributed by atoms with Gasteiger partial charge in [-0.25, -0.2) is 8.42 Å². The number of ether oxygens (including phenoxy) is 1. The van der Waals surface area contributed by atoms with Gasteiger partial charge in [-0.2, -0.15) is 0 Å². The summed E-state index contributed by atoms with van der Waals surface area (Å²) in [6.45, 7) is 4.20. The maximum Gasteiger partial charge on any atom is 0.175 e. The fourth-order valence-corrected chi connectivity index (χ4v) is 4.07. The summed E-state index contributed by atoms with van der Waals surface area (Å²) in [5, 5.41) is 3.82. The Kier molecular flexibility index (Phi) is 5.66. The third-order valence-electron chi connectivity index (χ3n) is 3.93. The zero-order valence-electron chi connectivity index (χ0n) is 12.4. The number of sulfone groups is 1. The molecule has 2 rings (SSSR count). The third kappa shape index (κ3) is 4.19. The van der Waals surface area contributed by atoms with Gasteiger partial charge in [-0.3, -0.25) is 0 Å². The molecule has 4 nitrogen and oxygen atoms in total. The minimum absolute atomic E-state index is 0.303. The molecule has 0 saturated carbocycles. The molecule has 1 aromatic carbocycles. The lowest BCUT2D eigenvalue weighted by molar-refractivity contribution is 0.0872. The maximum atomic E-state index is 11.8. The van der Waals surface area contributed by atoms with Crippen molar-refractivity contribution in [2.75, 3.05) is 19.4 Å². The van der Waals surface area contributed by atoms with Gasteiger partial charge in [0.2, 0.25) is 0 Å². The van der Waals surface area contributed by atoms with Gasteiger partial charge in [-0.1, -0.05) is 24.6 Å². The van der Waals surface area contributed by atoms with Crippen molar-refractivity contribution in [3.63, 3.8) is 0 Å². The van der Waals surface area contributed by atoms with Gasteiger partial charge < -0.3 is 10.1 Å². The second-order valence-electron chi connectivity index (χ2n) is 5.49. The van der Waals surface area contributed by atoms with E-state index in [1.807, 2.05) is 0 Å². The number of halogens is 1. The van der Waals surface area contributed by atoms with E-state index in [1.165, 1.54) is 6.26 Å². The molecule has 0 aromatic heterocycles. The summed E-state index contributed by atoms with van der Waals surface area (Å²) < 4.78 is 29.3. The van der Waals surface area contributed by atoms with Crippen LogP contribution in [0, 0.1) is 5.92 Å². The fourth-order valence-electron chi connectivity index (χ4n) is 2.82. The average molecular weight is 332 g/mol. The molecular formula is C15H22ClNO3S. The Morgan fingerprint density at radius 2 is 2.19 bits per heavy atom. The van der Waals surface area contributed by atoms with Crippen LogP contribution in [0.3, 0.4) is 0 Å². The number of rotatable bonds is 6. The highest BCUT2D eigenvalue weighted by atomic mass is 35.5. The van der Waals surface area contributed by atoms with Crippen molar-refractivity contribution in [1.82, 2.24) is 5.32 Å². The van der Waals surface area contributed by atoms with Gasteiger partial charge in [-0.15, -0.1) is 0 Å². The van der Waals surface area contributed by atoms with Crippen molar-refractivity contribution in [2.24, 2.45) is 5.92 Å². The quantitative estimate of drug-likeness (QED) is 0.870. The first kappa shape index (κ1) is 16.7. The Morgan fingerprint density at radius 3 is 2.86 bits per heavy atom. The van der Waals surface area contributed by atoms with Crippen molar-refractivity contribution in [2.45, 2.75) is 37.3 Å². The van der Waals surface area contributed by atoms with E-state index >= 15 is 0 Å². The van der Waals surface area contributed by atoms with E-state index in [0.717, 1.165) is 26.0 Å². The molecule has 0 spiro atoms. The van der Waals surface area contributed by atoms with E-state index in [1.54, 1.807) is 18.2 Å². The summed E-state index contributed by atoms with van der Waals surface area (Å²) in [5.74, 6) is 0.485. The molecule has 2 atom stereocenters. The van der Waals surface area contributed by atoms with Gasteiger partial charge in [0.05, 0.1) is 11.0 Å². The molecule has 2 unspecified atom stereocenters. The molecule has 1 aromatic rings. The predicted molar refractivity (Wildman–Crippen MR) is 84.4 cm³/mol. The first-order chi connectivity index (χ1) is 9.93. The molecule has 21 heavy (non-hydrogen) atoms. The summed E-state index contributed by atoms with van der Waals surface area (Å²) in [6, 6.07) is 4.99. The monoisotopic (exact) mass is 331 g/mol. The summed E-state index contributed by atoms with van der Waals surface area (Å²) in [5.41, 5.74) is 0.647. The van der Waals surface area contributed by atoms with Crippen LogP contribution in [0.4, 0.5) is 0 Å². The van der Waals surface area contributed by atoms with Crippen LogP contribution in [0.15, 0.2) is 23.1 Å². The van der Waals surface area contributed by atoms with Crippen molar-refractivity contribution in [3.8, 4) is 0 Å². The van der Waals surface area contributed by atoms with E-state index in [4.69, 9.17) is 16.3 Å². The average Bonchev–Trinajstić information content (AvgIpc) is 2.86. The van der Waals surface area contributed by atoms with E-state index in [-0.39, 0.29) is 0 Å². The number of hydrogen-bond donors (Lipinski definition) is 1. The number of hydrogen-bond acceptors (Lipinski definition) is 4. The molecular weight excluding hydrogens is 310 g/mol. The topological polar surface area (TPSA) is 55.4 Å². The van der Waals surface area contributed by atoms with Crippen LogP contribution in [0.2, 0.25) is 5.02 Å². The van der Waals surface area contributed by atoms with Gasteiger partial charge in [0, 0.05) is 36.5 Å². The summed E-state index contributed by atoms with van der Waals surface area (Å²) in [4.78, 5) is 0.303. The van der Waals surface area contributed by atoms with Gasteiger partial charge in [-0.05, 0) is 30.9 Å². The Morgan fingerprint density at radius 1 is 1.43 bits per heavy atom. The second-order valence-corrected chi connectivity index (χ2v) is 7.88. The lowest BCUT2D eigenvalue weighted by Gasteiger charge is -2.18. The number of benzene rings is 1. The number of nitrogens with one attached hydrogen (secondary N) is 1. The molecule has 1 aliphatic heterocycles. The Bertz CT molecular complexity index is 589. The molecule has 1 aliphatic rings. The normalized spacial score (nSPS) is 22.6. The van der Waals surface area contributed by atoms with Crippen LogP contribution in [0.5, 0.6) is 0 Å². The standard InChI is InChI=1S/C15H22ClNO3S/c1-3-14-11(7-8-20-14)9-17-10-12-13(16)5-4-6-15(12)21(2,18)19/h4-6,11,14,17H,3,7-10H2,1-2H3. The molecule has 0 radical (unpaired) electrons. The largest absolute Gasteiger partial charge is 0.378 e. The third-order valence-corrected chi connectivity index (χ3v) is 5.47. The van der Waals surface area contributed by atoms with Crippen LogP contribution in [-0.2, 0) is 21.1 Å². The maximum absolute atomic E-state index is 11.8. The second kappa shape index (κ2) is 7.09. The van der Waals surface area contributed by atoms with Crippen molar-refractivity contribution < 1.29 is 13.2 Å². The molecule has 0 bridgehead atoms. The minimum atomic E-state index is -3.27. The highest BCUT2D eigenvalue weighted by Crippen LogP contribution is 2.25. The van der Waals surface area contributed by atoms with E-state index in [2.05, 4.69) is 12.2 Å². The Labute approximate surface area is 131 Å². The van der Waals surface area contributed by atoms with Crippen LogP contribution < -0.4 is 5.32 Å². The zero-order chi connectivity index (χ0) is 15.5. The molecule has 1 N–H and O–H groups in total. The van der Waals surface area contributed by atoms with Crippen molar-refractivity contribution in [1.29, 1.82) is 0 Å². The first-order valence-corrected chi connectivity index (χ1v) is 9.50. The molecule has 0 aliphatic carbocycles. The minimum Gasteiger partial charge on any atom is -0.378 e. The molecule has 0 amide bonds.